The van der Waals surface area contributed by atoms with Crippen molar-refractivity contribution in [1.82, 2.24) is 0 Å². The molecule has 0 bridgehead atoms. The molecule has 1 aromatic heterocycles. The first kappa shape index (κ1) is 35.3. The van der Waals surface area contributed by atoms with E-state index in [1.807, 2.05) is 0 Å². The largest absolute Gasteiger partial charge is 0.455 e. The average Bonchev–Trinajstić information content (AvgIpc) is 3.82. The molecular weight excluding hydrogens is 739 g/mol. The first-order valence-electron chi connectivity index (χ1n) is 21.2. The number of furan rings is 1. The summed E-state index contributed by atoms with van der Waals surface area (Å²) in [5, 5.41) is 6.96. The standard InChI is InChI=1S/C59H41NO/c1-59(2)50-27-10-8-23-48(50)56-47(26-14-28-51(56)59)46-22-9-11-29-52(46)60(53-30-15-31-54-57(53)49-37-34-39-18-6-7-21-45(39)58(49)61-54)42-35-32-40(33-36-42)44-25-13-20-41-19-12-24-43(55(41)44)38-16-4-3-5-17-38/h3-37H,1-2H3. The fraction of sp³-hybridized carbons (Fsp3) is 0.0508. The zero-order chi connectivity index (χ0) is 40.7. The van der Waals surface area contributed by atoms with Gasteiger partial charge in [0, 0.05) is 27.4 Å². The Morgan fingerprint density at radius 1 is 0.377 bits per heavy atom. The molecule has 0 atom stereocenters. The molecule has 12 rings (SSSR count). The zero-order valence-corrected chi connectivity index (χ0v) is 34.1. The van der Waals surface area contributed by atoms with Gasteiger partial charge in [0.2, 0.25) is 0 Å². The minimum atomic E-state index is -0.113. The molecular formula is C59H41NO. The summed E-state index contributed by atoms with van der Waals surface area (Å²) in [4.78, 5) is 2.45. The molecule has 61 heavy (non-hydrogen) atoms. The van der Waals surface area contributed by atoms with Crippen LogP contribution in [0.1, 0.15) is 25.0 Å². The van der Waals surface area contributed by atoms with Crippen molar-refractivity contribution in [3.8, 4) is 44.5 Å². The summed E-state index contributed by atoms with van der Waals surface area (Å²) in [5.74, 6) is 0. The second-order valence-electron chi connectivity index (χ2n) is 16.8. The van der Waals surface area contributed by atoms with Gasteiger partial charge in [-0.25, -0.2) is 0 Å². The minimum absolute atomic E-state index is 0.113. The van der Waals surface area contributed by atoms with Crippen molar-refractivity contribution in [3.63, 3.8) is 0 Å². The lowest BCUT2D eigenvalue weighted by atomic mass is 9.82. The molecule has 0 radical (unpaired) electrons. The molecule has 2 nitrogen and oxygen atoms in total. The molecule has 0 saturated heterocycles. The van der Waals surface area contributed by atoms with Gasteiger partial charge >= 0.3 is 0 Å². The summed E-state index contributed by atoms with van der Waals surface area (Å²) >= 11 is 0. The van der Waals surface area contributed by atoms with Gasteiger partial charge in [0.1, 0.15) is 11.2 Å². The highest BCUT2D eigenvalue weighted by Gasteiger charge is 2.37. The molecule has 1 aliphatic rings. The lowest BCUT2D eigenvalue weighted by molar-refractivity contribution is 0.660. The maximum atomic E-state index is 6.80. The predicted molar refractivity (Wildman–Crippen MR) is 257 cm³/mol. The maximum absolute atomic E-state index is 6.80. The molecule has 10 aromatic carbocycles. The highest BCUT2D eigenvalue weighted by molar-refractivity contribution is 6.20. The van der Waals surface area contributed by atoms with Crippen LogP contribution in [-0.2, 0) is 5.41 Å². The van der Waals surface area contributed by atoms with E-state index < -0.39 is 0 Å². The van der Waals surface area contributed by atoms with Crippen molar-refractivity contribution in [2.75, 3.05) is 4.90 Å². The number of anilines is 3. The van der Waals surface area contributed by atoms with Crippen LogP contribution in [-0.4, -0.2) is 0 Å². The Bertz CT molecular complexity index is 3500. The quantitative estimate of drug-likeness (QED) is 0.167. The van der Waals surface area contributed by atoms with Crippen LogP contribution < -0.4 is 4.90 Å². The van der Waals surface area contributed by atoms with Crippen LogP contribution in [0.4, 0.5) is 17.1 Å². The Morgan fingerprint density at radius 2 is 0.967 bits per heavy atom. The molecule has 0 unspecified atom stereocenters. The van der Waals surface area contributed by atoms with E-state index in [1.165, 1.54) is 71.8 Å². The van der Waals surface area contributed by atoms with Crippen LogP contribution in [0.2, 0.25) is 0 Å². The topological polar surface area (TPSA) is 16.4 Å². The van der Waals surface area contributed by atoms with Crippen molar-refractivity contribution in [2.24, 2.45) is 0 Å². The molecule has 2 heteroatoms. The van der Waals surface area contributed by atoms with E-state index >= 15 is 0 Å². The van der Waals surface area contributed by atoms with Gasteiger partial charge in [-0.15, -0.1) is 0 Å². The smallest absolute Gasteiger partial charge is 0.143 e. The van der Waals surface area contributed by atoms with Crippen LogP contribution in [0.25, 0.3) is 88.0 Å². The van der Waals surface area contributed by atoms with Crippen molar-refractivity contribution in [2.45, 2.75) is 19.3 Å². The summed E-state index contributed by atoms with van der Waals surface area (Å²) < 4.78 is 6.80. The van der Waals surface area contributed by atoms with E-state index in [-0.39, 0.29) is 5.41 Å². The first-order chi connectivity index (χ1) is 30.0. The monoisotopic (exact) mass is 779 g/mol. The number of rotatable bonds is 6. The normalized spacial score (nSPS) is 12.9. The Hall–Kier alpha value is -7.68. The zero-order valence-electron chi connectivity index (χ0n) is 34.1. The van der Waals surface area contributed by atoms with Crippen molar-refractivity contribution in [1.29, 1.82) is 0 Å². The van der Waals surface area contributed by atoms with E-state index in [0.717, 1.165) is 44.4 Å². The first-order valence-corrected chi connectivity index (χ1v) is 21.2. The Labute approximate surface area is 355 Å². The molecule has 11 aromatic rings. The fourth-order valence-corrected chi connectivity index (χ4v) is 10.2. The molecule has 0 fully saturated rings. The molecule has 0 amide bonds. The van der Waals surface area contributed by atoms with Gasteiger partial charge < -0.3 is 9.32 Å². The van der Waals surface area contributed by atoms with Gasteiger partial charge in [0.15, 0.2) is 0 Å². The summed E-state index contributed by atoms with van der Waals surface area (Å²) in [6.45, 7) is 4.71. The maximum Gasteiger partial charge on any atom is 0.143 e. The molecule has 0 N–H and O–H groups in total. The number of fused-ring (bicyclic) bond motifs is 9. The van der Waals surface area contributed by atoms with Gasteiger partial charge in [-0.05, 0) is 103 Å². The summed E-state index contributed by atoms with van der Waals surface area (Å²) in [6, 6.07) is 77.3. The van der Waals surface area contributed by atoms with E-state index in [9.17, 15) is 0 Å². The van der Waals surface area contributed by atoms with Gasteiger partial charge in [0.05, 0.1) is 16.8 Å². The molecule has 0 spiro atoms. The second-order valence-corrected chi connectivity index (χ2v) is 16.8. The highest BCUT2D eigenvalue weighted by Crippen LogP contribution is 2.54. The number of benzene rings is 10. The van der Waals surface area contributed by atoms with Crippen LogP contribution in [0, 0.1) is 0 Å². The van der Waals surface area contributed by atoms with E-state index in [0.29, 0.717) is 0 Å². The molecule has 288 valence electrons. The SMILES string of the molecule is CC1(C)c2ccccc2-c2c(-c3ccccc3N(c3ccc(-c4cccc5cccc(-c6ccccc6)c45)cc3)c3cccc4oc5c6ccccc6ccc5c34)cccc21. The predicted octanol–water partition coefficient (Wildman–Crippen LogP) is 16.7. The number of nitrogens with zero attached hydrogens (tertiary/aromatic N) is 1. The summed E-state index contributed by atoms with van der Waals surface area (Å²) in [6.07, 6.45) is 0. The number of hydrogen-bond acceptors (Lipinski definition) is 2. The second kappa shape index (κ2) is 13.7. The minimum Gasteiger partial charge on any atom is -0.455 e. The van der Waals surface area contributed by atoms with Crippen molar-refractivity contribution in [3.05, 3.63) is 223 Å². The average molecular weight is 780 g/mol. The van der Waals surface area contributed by atoms with Crippen LogP contribution in [0.15, 0.2) is 217 Å². The van der Waals surface area contributed by atoms with Gasteiger partial charge in [0.25, 0.3) is 0 Å². The van der Waals surface area contributed by atoms with Gasteiger partial charge in [-0.1, -0.05) is 190 Å². The fourth-order valence-electron chi connectivity index (χ4n) is 10.2. The van der Waals surface area contributed by atoms with E-state index in [1.54, 1.807) is 0 Å². The van der Waals surface area contributed by atoms with Crippen molar-refractivity contribution < 1.29 is 4.42 Å². The third-order valence-electron chi connectivity index (χ3n) is 13.1. The lowest BCUT2D eigenvalue weighted by Gasteiger charge is -2.29. The van der Waals surface area contributed by atoms with Crippen molar-refractivity contribution >= 4 is 60.5 Å². The Kier molecular flexibility index (Phi) is 7.92. The number of para-hydroxylation sites is 1. The molecule has 0 saturated carbocycles. The highest BCUT2D eigenvalue weighted by atomic mass is 16.3. The van der Waals surface area contributed by atoms with Gasteiger partial charge in [-0.3, -0.25) is 0 Å². The number of hydrogen-bond donors (Lipinski definition) is 0. The van der Waals surface area contributed by atoms with Crippen LogP contribution >= 0.6 is 0 Å². The van der Waals surface area contributed by atoms with Crippen LogP contribution in [0.3, 0.4) is 0 Å². The molecule has 1 aliphatic carbocycles. The van der Waals surface area contributed by atoms with E-state index in [4.69, 9.17) is 4.42 Å². The van der Waals surface area contributed by atoms with Gasteiger partial charge in [-0.2, -0.15) is 0 Å². The molecule has 1 heterocycles. The third-order valence-corrected chi connectivity index (χ3v) is 13.1. The summed E-state index contributed by atoms with van der Waals surface area (Å²) in [5.41, 5.74) is 17.5. The molecule has 0 aliphatic heterocycles. The van der Waals surface area contributed by atoms with Crippen LogP contribution in [0.5, 0.6) is 0 Å². The lowest BCUT2D eigenvalue weighted by Crippen LogP contribution is -2.15. The Balaban J connectivity index is 1.10. The Morgan fingerprint density at radius 3 is 1.79 bits per heavy atom. The third kappa shape index (κ3) is 5.42. The summed E-state index contributed by atoms with van der Waals surface area (Å²) in [7, 11) is 0. The van der Waals surface area contributed by atoms with E-state index in [2.05, 4.69) is 231 Å².